The van der Waals surface area contributed by atoms with E-state index >= 15 is 0 Å². The Balaban J connectivity index is 1.72. The number of allylic oxidation sites excluding steroid dienone is 6. The van der Waals surface area contributed by atoms with Gasteiger partial charge in [-0.1, -0.05) is 139 Å². The molecule has 0 atom stereocenters. The van der Waals surface area contributed by atoms with Crippen molar-refractivity contribution in [3.63, 3.8) is 0 Å². The van der Waals surface area contributed by atoms with Crippen LogP contribution in [0.2, 0.25) is 0 Å². The molecule has 5 aromatic carbocycles. The first-order valence-electron chi connectivity index (χ1n) is 15.9. The SMILES string of the molecule is CC1=C(C)C(C)=C(c2c(P(c3ccccc3)c3ccccc3)cc(C)c(C)c2C)C(P(c2ccccc2)c2ccccc2)=CC1. The Morgan fingerprint density at radius 1 is 0.467 bits per heavy atom. The zero-order chi connectivity index (χ0) is 31.5. The minimum atomic E-state index is -0.807. The van der Waals surface area contributed by atoms with Crippen LogP contribution >= 0.6 is 15.8 Å². The molecule has 0 heterocycles. The molecular weight excluding hydrogens is 578 g/mol. The van der Waals surface area contributed by atoms with Gasteiger partial charge in [0, 0.05) is 0 Å². The minimum Gasteiger partial charge on any atom is -0.0714 e. The molecule has 0 spiro atoms. The molecule has 0 saturated carbocycles. The molecule has 0 fully saturated rings. The van der Waals surface area contributed by atoms with E-state index in [2.05, 4.69) is 175 Å². The predicted octanol–water partition coefficient (Wildman–Crippen LogP) is 9.90. The molecule has 1 aliphatic carbocycles. The fraction of sp³-hybridized carbons (Fsp3) is 0.163. The van der Waals surface area contributed by atoms with Gasteiger partial charge in [-0.05, 0) is 135 Å². The lowest BCUT2D eigenvalue weighted by Gasteiger charge is -2.31. The first-order chi connectivity index (χ1) is 21.9. The number of benzene rings is 5. The van der Waals surface area contributed by atoms with E-state index in [9.17, 15) is 0 Å². The zero-order valence-electron chi connectivity index (χ0n) is 27.3. The van der Waals surface area contributed by atoms with Crippen molar-refractivity contribution in [2.24, 2.45) is 0 Å². The molecule has 0 aliphatic heterocycles. The number of rotatable bonds is 7. The van der Waals surface area contributed by atoms with Crippen LogP contribution in [0.15, 0.2) is 156 Å². The molecule has 0 N–H and O–H groups in total. The van der Waals surface area contributed by atoms with Crippen LogP contribution in [0.3, 0.4) is 0 Å². The van der Waals surface area contributed by atoms with Crippen molar-refractivity contribution in [2.75, 3.05) is 0 Å². The highest BCUT2D eigenvalue weighted by atomic mass is 31.1. The normalized spacial score (nSPS) is 13.8. The van der Waals surface area contributed by atoms with E-state index in [1.807, 2.05) is 0 Å². The summed E-state index contributed by atoms with van der Waals surface area (Å²) in [4.78, 5) is 0. The topological polar surface area (TPSA) is 0 Å². The fourth-order valence-corrected chi connectivity index (χ4v) is 11.6. The molecule has 45 heavy (non-hydrogen) atoms. The van der Waals surface area contributed by atoms with E-state index in [-0.39, 0.29) is 0 Å². The Morgan fingerprint density at radius 2 is 0.889 bits per heavy atom. The molecule has 0 radical (unpaired) electrons. The molecular formula is C43H42P2. The number of hydrogen-bond acceptors (Lipinski definition) is 0. The third-order valence-electron chi connectivity index (χ3n) is 9.36. The van der Waals surface area contributed by atoms with Crippen molar-refractivity contribution in [1.29, 1.82) is 0 Å². The fourth-order valence-electron chi connectivity index (χ4n) is 6.44. The Morgan fingerprint density at radius 3 is 1.33 bits per heavy atom. The summed E-state index contributed by atoms with van der Waals surface area (Å²) in [7, 11) is -1.61. The van der Waals surface area contributed by atoms with Gasteiger partial charge in [0.25, 0.3) is 0 Å². The van der Waals surface area contributed by atoms with Crippen LogP contribution in [0.4, 0.5) is 0 Å². The summed E-state index contributed by atoms with van der Waals surface area (Å²) in [6, 6.07) is 47.3. The maximum atomic E-state index is 2.57. The van der Waals surface area contributed by atoms with Crippen LogP contribution in [-0.2, 0) is 0 Å². The first-order valence-corrected chi connectivity index (χ1v) is 18.5. The van der Waals surface area contributed by atoms with Gasteiger partial charge in [0.05, 0.1) is 0 Å². The van der Waals surface area contributed by atoms with Gasteiger partial charge in [-0.3, -0.25) is 0 Å². The summed E-state index contributed by atoms with van der Waals surface area (Å²) < 4.78 is 0. The molecule has 0 bridgehead atoms. The van der Waals surface area contributed by atoms with Crippen molar-refractivity contribution in [3.8, 4) is 0 Å². The molecule has 5 aromatic rings. The van der Waals surface area contributed by atoms with Gasteiger partial charge in [0.15, 0.2) is 0 Å². The molecule has 0 amide bonds. The molecule has 0 saturated heterocycles. The minimum absolute atomic E-state index is 0.800. The third kappa shape index (κ3) is 6.20. The Hall–Kier alpha value is -3.82. The van der Waals surface area contributed by atoms with Crippen molar-refractivity contribution >= 4 is 47.9 Å². The molecule has 1 aliphatic rings. The van der Waals surface area contributed by atoms with E-state index in [0.29, 0.717) is 0 Å². The summed E-state index contributed by atoms with van der Waals surface area (Å²) >= 11 is 0. The van der Waals surface area contributed by atoms with Crippen molar-refractivity contribution < 1.29 is 0 Å². The lowest BCUT2D eigenvalue weighted by molar-refractivity contribution is 1.15. The molecule has 224 valence electrons. The monoisotopic (exact) mass is 620 g/mol. The molecule has 2 heteroatoms. The second kappa shape index (κ2) is 13.7. The van der Waals surface area contributed by atoms with Crippen molar-refractivity contribution in [3.05, 3.63) is 178 Å². The van der Waals surface area contributed by atoms with Crippen LogP contribution in [0, 0.1) is 20.8 Å². The predicted molar refractivity (Wildman–Crippen MR) is 202 cm³/mol. The Labute approximate surface area is 272 Å². The van der Waals surface area contributed by atoms with Gasteiger partial charge in [-0.2, -0.15) is 0 Å². The second-order valence-corrected chi connectivity index (χ2v) is 16.4. The van der Waals surface area contributed by atoms with Gasteiger partial charge in [0.1, 0.15) is 0 Å². The maximum Gasteiger partial charge on any atom is -0.00589 e. The Kier molecular flexibility index (Phi) is 9.47. The molecule has 0 unspecified atom stereocenters. The number of aryl methyl sites for hydroxylation is 1. The van der Waals surface area contributed by atoms with E-state index in [1.54, 1.807) is 0 Å². The second-order valence-electron chi connectivity index (χ2n) is 12.0. The standard InChI is InChI=1S/C43H42P2/c1-30-27-28-40(44(36-19-11-7-12-20-36)37-21-13-8-14-22-37)42(34(5)32(30)3)43-35(6)33(4)31(2)29-41(43)45(38-23-15-9-16-24-38)39-25-17-10-18-26-39/h7-26,28-29H,27H2,1-6H3. The summed E-state index contributed by atoms with van der Waals surface area (Å²) in [5.74, 6) is 0. The summed E-state index contributed by atoms with van der Waals surface area (Å²) in [5.41, 5.74) is 11.3. The highest BCUT2D eigenvalue weighted by molar-refractivity contribution is 7.80. The first kappa shape index (κ1) is 31.2. The molecule has 0 nitrogen and oxygen atoms in total. The van der Waals surface area contributed by atoms with Gasteiger partial charge < -0.3 is 0 Å². The summed E-state index contributed by atoms with van der Waals surface area (Å²) in [6.45, 7) is 14.0. The third-order valence-corrected chi connectivity index (χ3v) is 14.3. The van der Waals surface area contributed by atoms with Gasteiger partial charge in [-0.25, -0.2) is 0 Å². The lowest BCUT2D eigenvalue weighted by Crippen LogP contribution is -2.26. The largest absolute Gasteiger partial charge is 0.0714 e. The molecule has 0 aromatic heterocycles. The van der Waals surface area contributed by atoms with Crippen LogP contribution < -0.4 is 26.5 Å². The number of hydrogen-bond donors (Lipinski definition) is 0. The quantitative estimate of drug-likeness (QED) is 0.159. The highest BCUT2D eigenvalue weighted by Gasteiger charge is 2.31. The van der Waals surface area contributed by atoms with Crippen LogP contribution in [0.25, 0.3) is 5.57 Å². The molecule has 6 rings (SSSR count). The van der Waals surface area contributed by atoms with E-state index in [4.69, 9.17) is 0 Å². The maximum absolute atomic E-state index is 2.57. The van der Waals surface area contributed by atoms with Crippen LogP contribution in [0.5, 0.6) is 0 Å². The average molecular weight is 621 g/mol. The van der Waals surface area contributed by atoms with Crippen LogP contribution in [-0.4, -0.2) is 0 Å². The van der Waals surface area contributed by atoms with Gasteiger partial charge in [0.2, 0.25) is 0 Å². The zero-order valence-corrected chi connectivity index (χ0v) is 29.1. The van der Waals surface area contributed by atoms with E-state index < -0.39 is 15.8 Å². The van der Waals surface area contributed by atoms with Crippen molar-refractivity contribution in [1.82, 2.24) is 0 Å². The lowest BCUT2D eigenvalue weighted by atomic mass is 9.89. The smallest absolute Gasteiger partial charge is 0.00589 e. The summed E-state index contributed by atoms with van der Waals surface area (Å²) in [5, 5.41) is 8.48. The van der Waals surface area contributed by atoms with Crippen LogP contribution in [0.1, 0.15) is 49.4 Å². The summed E-state index contributed by atoms with van der Waals surface area (Å²) in [6.07, 6.45) is 3.54. The average Bonchev–Trinajstić information content (AvgIpc) is 3.18. The van der Waals surface area contributed by atoms with E-state index in [1.165, 1.54) is 76.4 Å². The van der Waals surface area contributed by atoms with Crippen molar-refractivity contribution in [2.45, 2.75) is 48.0 Å². The highest BCUT2D eigenvalue weighted by Crippen LogP contribution is 2.54. The van der Waals surface area contributed by atoms with E-state index in [0.717, 1.165) is 6.42 Å². The van der Waals surface area contributed by atoms with Gasteiger partial charge in [-0.15, -0.1) is 0 Å². The van der Waals surface area contributed by atoms with Gasteiger partial charge >= 0.3 is 0 Å². The Bertz CT molecular complexity index is 1820.